The van der Waals surface area contributed by atoms with E-state index in [9.17, 15) is 52.7 Å². The maximum Gasteiger partial charge on any atom is 0.246 e. The number of likely N-dealkylation sites (tertiary alicyclic amines) is 1. The summed E-state index contributed by atoms with van der Waals surface area (Å²) in [6.45, 7) is 17.8. The molecule has 3 heterocycles. The highest BCUT2D eigenvalue weighted by Crippen LogP contribution is 2.27. The molecule has 4 N–H and O–H groups in total. The lowest BCUT2D eigenvalue weighted by Gasteiger charge is -2.45. The van der Waals surface area contributed by atoms with Crippen molar-refractivity contribution in [1.82, 2.24) is 60.5 Å². The Morgan fingerprint density at radius 3 is 1.84 bits per heavy atom. The Morgan fingerprint density at radius 2 is 1.27 bits per heavy atom. The summed E-state index contributed by atoms with van der Waals surface area (Å²) in [5, 5.41) is 11.9. The molecule has 0 saturated carbocycles. The second-order valence-corrected chi connectivity index (χ2v) is 29.1. The molecule has 532 valence electrons. The number of hydrogen-bond acceptors (Lipinski definition) is 12. The van der Waals surface area contributed by atoms with Crippen molar-refractivity contribution < 1.29 is 57.5 Å². The van der Waals surface area contributed by atoms with Gasteiger partial charge >= 0.3 is 0 Å². The first-order valence-electron chi connectivity index (χ1n) is 33.9. The van der Waals surface area contributed by atoms with E-state index in [4.69, 9.17) is 11.6 Å². The summed E-state index contributed by atoms with van der Waals surface area (Å²) in [6.07, 6.45) is 3.67. The predicted molar refractivity (Wildman–Crippen MR) is 370 cm³/mol. The molecule has 2 aromatic rings. The lowest BCUT2D eigenvalue weighted by atomic mass is 9.94. The first-order chi connectivity index (χ1) is 45.0. The number of nitrogens with zero attached hydrogens (tertiary/aromatic N) is 8. The fourth-order valence-electron chi connectivity index (χ4n) is 12.3. The zero-order valence-corrected chi connectivity index (χ0v) is 61.6. The summed E-state index contributed by atoms with van der Waals surface area (Å²) in [4.78, 5) is 188. The quantitative estimate of drug-likeness (QED) is 0.190. The third-order valence-corrected chi connectivity index (χ3v) is 20.1. The van der Waals surface area contributed by atoms with Crippen LogP contribution in [0.5, 0.6) is 0 Å². The fraction of sp³-hybridized carbons (Fsp3) is 0.657. The molecule has 3 fully saturated rings. The molecule has 3 aliphatic rings. The molecule has 0 bridgehead atoms. The molecule has 3 saturated heterocycles. The van der Waals surface area contributed by atoms with E-state index in [2.05, 4.69) is 37.2 Å². The molecule has 0 unspecified atom stereocenters. The summed E-state index contributed by atoms with van der Waals surface area (Å²) in [5.74, 6) is -8.66. The number of unbranched alkanes of at least 4 members (excludes halogenated alkanes) is 1. The number of benzene rings is 2. The maximum absolute atomic E-state index is 15.2. The van der Waals surface area contributed by atoms with Gasteiger partial charge in [0.05, 0.1) is 13.0 Å². The van der Waals surface area contributed by atoms with E-state index in [1.807, 2.05) is 41.5 Å². The number of amides is 12. The van der Waals surface area contributed by atoms with E-state index in [1.165, 1.54) is 92.5 Å². The van der Waals surface area contributed by atoms with E-state index in [0.29, 0.717) is 65.8 Å². The van der Waals surface area contributed by atoms with Crippen LogP contribution in [0.4, 0.5) is 0 Å². The number of likely N-dealkylation sites (N-methyl/N-ethyl adjacent to an activating group) is 6. The van der Waals surface area contributed by atoms with Crippen LogP contribution in [0, 0.1) is 17.8 Å². The molecule has 24 nitrogen and oxygen atoms in total. The Bertz CT molecular complexity index is 3110. The number of halogens is 2. The number of hydrogen-bond donors (Lipinski definition) is 4. The van der Waals surface area contributed by atoms with Gasteiger partial charge < -0.3 is 60.5 Å². The molecule has 0 radical (unpaired) electrons. The standard InChI is InChI=1S/C70H106BrClN12O12/c1-17-19-26-50-64(91)82(16)70(9,10)69(96)75-52(35-42(3)4)63(90)80(14)56(67(94)83-32-21-20-22-33-83)40-58(86)79(13)54(36-43(5)6)61(88)76-59(44(7)18-2)68(95)78(12)45(8)62(89)84-34-31-53(84)66(93)81(15)55(39-46-27-29-49(72)30-28-46)65(92)77(11)41-57(85)73-51(60(87)74-50)38-47-24-23-25-48(71)37-47/h23-25,27-30,37,42-45,50-56,59H,17-22,26,31-36,38-41H2,1-16H3,(H,73,85)(H,74,87)(H,75,96)(H,76,88)/t44-,45-,50-,51-,52-,53-,54-,55-,56-,59-/m0/s1. The Hall–Kier alpha value is -7.15. The van der Waals surface area contributed by atoms with Crippen LogP contribution in [-0.2, 0) is 70.4 Å². The van der Waals surface area contributed by atoms with Crippen LogP contribution in [0.25, 0.3) is 0 Å². The topological polar surface area (TPSA) is 279 Å². The lowest BCUT2D eigenvalue weighted by Crippen LogP contribution is -2.65. The molecule has 12 amide bonds. The molecule has 0 aromatic heterocycles. The summed E-state index contributed by atoms with van der Waals surface area (Å²) in [5.41, 5.74) is -0.446. The van der Waals surface area contributed by atoms with Gasteiger partial charge in [-0.25, -0.2) is 0 Å². The SMILES string of the molecule is CCCC[C@@H]1NC(=O)[C@H](Cc2cccc(Br)c2)NC(=O)CN(C)C(=O)[C@H](Cc2ccc(Cl)cc2)N(C)C(=O)[C@@H]2CCN2C(=O)[C@H](C)N(C)C(=O)[C@H]([C@@H](C)CC)NC(=O)[C@H](CC(C)C)N(C)C(=O)C[C@@H](C(=O)N2CCCCC2)N(C)C(=O)[C@H](CC(C)C)NC(=O)C(C)(C)N(C)C1=O. The van der Waals surface area contributed by atoms with Gasteiger partial charge in [0.1, 0.15) is 59.9 Å². The second-order valence-electron chi connectivity index (χ2n) is 27.8. The van der Waals surface area contributed by atoms with Crippen LogP contribution in [0.3, 0.4) is 0 Å². The molecular weight excluding hydrogens is 1320 g/mol. The van der Waals surface area contributed by atoms with Gasteiger partial charge in [0.15, 0.2) is 0 Å². The number of carbonyl (C=O) groups is 12. The Balaban J connectivity index is 1.63. The van der Waals surface area contributed by atoms with Crippen LogP contribution in [0.2, 0.25) is 5.02 Å². The van der Waals surface area contributed by atoms with E-state index >= 15 is 4.79 Å². The summed E-state index contributed by atoms with van der Waals surface area (Å²) in [6, 6.07) is 2.69. The molecule has 0 spiro atoms. The van der Waals surface area contributed by atoms with Gasteiger partial charge in [0.2, 0.25) is 70.9 Å². The van der Waals surface area contributed by atoms with Crippen molar-refractivity contribution in [2.45, 2.75) is 213 Å². The Kier molecular flexibility index (Phi) is 29.7. The largest absolute Gasteiger partial charge is 0.343 e. The molecule has 10 atom stereocenters. The summed E-state index contributed by atoms with van der Waals surface area (Å²) < 4.78 is 0.691. The Morgan fingerprint density at radius 1 is 0.635 bits per heavy atom. The van der Waals surface area contributed by atoms with Crippen LogP contribution in [0.15, 0.2) is 53.0 Å². The minimum Gasteiger partial charge on any atom is -0.343 e. The van der Waals surface area contributed by atoms with E-state index in [-0.39, 0.29) is 56.9 Å². The van der Waals surface area contributed by atoms with Crippen LogP contribution in [0.1, 0.15) is 151 Å². The summed E-state index contributed by atoms with van der Waals surface area (Å²) >= 11 is 9.76. The van der Waals surface area contributed by atoms with Crippen molar-refractivity contribution in [1.29, 1.82) is 0 Å². The Labute approximate surface area is 581 Å². The van der Waals surface area contributed by atoms with Crippen molar-refractivity contribution in [2.75, 3.05) is 68.5 Å². The first kappa shape index (κ1) is 79.5. The zero-order chi connectivity index (χ0) is 71.8. The minimum absolute atomic E-state index is 0.0376. The van der Waals surface area contributed by atoms with Crippen LogP contribution < -0.4 is 21.3 Å². The number of rotatable bonds is 14. The van der Waals surface area contributed by atoms with Crippen LogP contribution in [-0.4, -0.2) is 238 Å². The van der Waals surface area contributed by atoms with Gasteiger partial charge in [-0.1, -0.05) is 120 Å². The van der Waals surface area contributed by atoms with E-state index < -0.39 is 150 Å². The monoisotopic (exact) mass is 1420 g/mol. The van der Waals surface area contributed by atoms with Crippen molar-refractivity contribution in [3.05, 3.63) is 69.2 Å². The van der Waals surface area contributed by atoms with Crippen molar-refractivity contribution in [3.63, 3.8) is 0 Å². The molecule has 3 aliphatic heterocycles. The fourth-order valence-corrected chi connectivity index (χ4v) is 12.9. The van der Waals surface area contributed by atoms with Gasteiger partial charge in [-0.05, 0) is 119 Å². The van der Waals surface area contributed by atoms with E-state index in [1.54, 1.807) is 60.4 Å². The number of fused-ring (bicyclic) bond motifs is 1. The zero-order valence-electron chi connectivity index (χ0n) is 59.3. The summed E-state index contributed by atoms with van der Waals surface area (Å²) in [7, 11) is 8.53. The third-order valence-electron chi connectivity index (χ3n) is 19.3. The second kappa shape index (κ2) is 35.9. The number of carbonyl (C=O) groups excluding carboxylic acids is 12. The highest BCUT2D eigenvalue weighted by Gasteiger charge is 2.47. The average molecular weight is 1420 g/mol. The van der Waals surface area contributed by atoms with E-state index in [0.717, 1.165) is 11.3 Å². The lowest BCUT2D eigenvalue weighted by molar-refractivity contribution is -0.160. The molecular formula is C70H106BrClN12O12. The minimum atomic E-state index is -1.70. The molecule has 26 heteroatoms. The first-order valence-corrected chi connectivity index (χ1v) is 35.1. The van der Waals surface area contributed by atoms with Gasteiger partial charge in [-0.15, -0.1) is 0 Å². The molecule has 5 rings (SSSR count). The van der Waals surface area contributed by atoms with Gasteiger partial charge in [0, 0.05) is 84.3 Å². The predicted octanol–water partition coefficient (Wildman–Crippen LogP) is 5.20. The smallest absolute Gasteiger partial charge is 0.246 e. The van der Waals surface area contributed by atoms with Gasteiger partial charge in [-0.2, -0.15) is 0 Å². The molecule has 0 aliphatic carbocycles. The number of piperidine rings is 1. The average Bonchev–Trinajstić information content (AvgIpc) is 0.790. The van der Waals surface area contributed by atoms with Gasteiger partial charge in [0.25, 0.3) is 0 Å². The highest BCUT2D eigenvalue weighted by molar-refractivity contribution is 9.10. The van der Waals surface area contributed by atoms with Crippen molar-refractivity contribution >= 4 is 98.4 Å². The van der Waals surface area contributed by atoms with Gasteiger partial charge in [-0.3, -0.25) is 57.5 Å². The maximum atomic E-state index is 15.2. The normalized spacial score (nSPS) is 25.7. The van der Waals surface area contributed by atoms with Crippen molar-refractivity contribution in [3.8, 4) is 0 Å². The highest BCUT2D eigenvalue weighted by atomic mass is 79.9. The van der Waals surface area contributed by atoms with Crippen molar-refractivity contribution in [2.24, 2.45) is 17.8 Å². The molecule has 2 aromatic carbocycles. The third kappa shape index (κ3) is 20.7. The van der Waals surface area contributed by atoms with Crippen LogP contribution >= 0.6 is 27.5 Å². The molecule has 96 heavy (non-hydrogen) atoms. The number of nitrogens with one attached hydrogen (secondary N) is 4.